The predicted molar refractivity (Wildman–Crippen MR) is 83.5 cm³/mol. The molecule has 0 saturated heterocycles. The summed E-state index contributed by atoms with van der Waals surface area (Å²) in [6, 6.07) is 7.23. The van der Waals surface area contributed by atoms with Crippen molar-refractivity contribution in [2.45, 2.75) is 13.3 Å². The van der Waals surface area contributed by atoms with Gasteiger partial charge in [-0.15, -0.1) is 0 Å². The van der Waals surface area contributed by atoms with Crippen molar-refractivity contribution in [3.63, 3.8) is 0 Å². The van der Waals surface area contributed by atoms with Crippen LogP contribution < -0.4 is 5.32 Å². The van der Waals surface area contributed by atoms with Gasteiger partial charge >= 0.3 is 0 Å². The van der Waals surface area contributed by atoms with E-state index >= 15 is 0 Å². The molecule has 1 aliphatic rings. The Morgan fingerprint density at radius 2 is 2.10 bits per heavy atom. The van der Waals surface area contributed by atoms with E-state index < -0.39 is 0 Å². The lowest BCUT2D eigenvalue weighted by molar-refractivity contribution is -0.117. The Kier molecular flexibility index (Phi) is 3.71. The number of anilines is 1. The third kappa shape index (κ3) is 2.82. The molecule has 1 saturated carbocycles. The Hall–Kier alpha value is -1.10. The summed E-state index contributed by atoms with van der Waals surface area (Å²) in [7, 11) is 0. The fourth-order valence-corrected chi connectivity index (χ4v) is 2.99. The maximum absolute atomic E-state index is 11.9. The van der Waals surface area contributed by atoms with Crippen LogP contribution in [0.5, 0.6) is 0 Å². The van der Waals surface area contributed by atoms with Gasteiger partial charge in [0.1, 0.15) is 5.00 Å². The molecule has 0 bridgehead atoms. The summed E-state index contributed by atoms with van der Waals surface area (Å²) >= 11 is 13.2. The molecule has 20 heavy (non-hydrogen) atoms. The van der Waals surface area contributed by atoms with Gasteiger partial charge in [-0.3, -0.25) is 4.79 Å². The summed E-state index contributed by atoms with van der Waals surface area (Å²) in [5.41, 5.74) is 1.67. The van der Waals surface area contributed by atoms with Crippen molar-refractivity contribution in [2.24, 2.45) is 11.8 Å². The minimum absolute atomic E-state index is 0.0850. The number of carbonyl (C=O) groups excluding carboxylic acids is 1. The van der Waals surface area contributed by atoms with Crippen LogP contribution in [-0.2, 0) is 4.79 Å². The zero-order valence-electron chi connectivity index (χ0n) is 10.7. The van der Waals surface area contributed by atoms with E-state index in [-0.39, 0.29) is 11.8 Å². The maximum Gasteiger partial charge on any atom is 0.228 e. The van der Waals surface area contributed by atoms with E-state index in [0.29, 0.717) is 16.0 Å². The highest BCUT2D eigenvalue weighted by Crippen LogP contribution is 2.39. The zero-order valence-corrected chi connectivity index (χ0v) is 13.0. The molecule has 3 rings (SSSR count). The van der Waals surface area contributed by atoms with Crippen LogP contribution in [0.15, 0.2) is 24.3 Å². The van der Waals surface area contributed by atoms with Crippen LogP contribution in [0.3, 0.4) is 0 Å². The molecular formula is C14H12Cl2N2OS. The Morgan fingerprint density at radius 3 is 2.75 bits per heavy atom. The standard InChI is InChI=1S/C14H12Cl2N2OS/c1-7-4-9(7)14(19)17-13-6-12(18-20-13)8-2-3-10(15)11(16)5-8/h2-3,5-7,9H,4H2,1H3,(H,17,19)/t7?,9-/m1/s1. The number of nitrogens with one attached hydrogen (secondary N) is 1. The van der Waals surface area contributed by atoms with Crippen molar-refractivity contribution in [3.8, 4) is 11.3 Å². The fourth-order valence-electron chi connectivity index (χ4n) is 2.03. The number of amides is 1. The van der Waals surface area contributed by atoms with Gasteiger partial charge in [0.2, 0.25) is 5.91 Å². The highest BCUT2D eigenvalue weighted by atomic mass is 35.5. The first kappa shape index (κ1) is 13.9. The molecular weight excluding hydrogens is 315 g/mol. The van der Waals surface area contributed by atoms with E-state index in [1.54, 1.807) is 12.1 Å². The first-order valence-corrected chi connectivity index (χ1v) is 7.80. The third-order valence-electron chi connectivity index (χ3n) is 3.42. The topological polar surface area (TPSA) is 42.0 Å². The number of nitrogens with zero attached hydrogens (tertiary/aromatic N) is 1. The minimum Gasteiger partial charge on any atom is -0.316 e. The lowest BCUT2D eigenvalue weighted by Gasteiger charge is -2.00. The Bertz CT molecular complexity index is 671. The number of aromatic nitrogens is 1. The molecule has 1 N–H and O–H groups in total. The predicted octanol–water partition coefficient (Wildman–Crippen LogP) is 4.71. The van der Waals surface area contributed by atoms with Crippen LogP contribution in [0.25, 0.3) is 11.3 Å². The van der Waals surface area contributed by atoms with Crippen LogP contribution in [0.1, 0.15) is 13.3 Å². The molecule has 1 unspecified atom stereocenters. The molecule has 1 aromatic heterocycles. The molecule has 6 heteroatoms. The van der Waals surface area contributed by atoms with E-state index in [1.807, 2.05) is 12.1 Å². The number of rotatable bonds is 3. The van der Waals surface area contributed by atoms with Crippen LogP contribution in [0, 0.1) is 11.8 Å². The summed E-state index contributed by atoms with van der Waals surface area (Å²) in [5.74, 6) is 0.741. The van der Waals surface area contributed by atoms with Crippen LogP contribution >= 0.6 is 34.7 Å². The lowest BCUT2D eigenvalue weighted by Crippen LogP contribution is -2.13. The van der Waals surface area contributed by atoms with Gasteiger partial charge in [-0.05, 0) is 36.0 Å². The number of benzene rings is 1. The summed E-state index contributed by atoms with van der Waals surface area (Å²) in [5, 5.41) is 4.68. The Balaban J connectivity index is 1.76. The van der Waals surface area contributed by atoms with Crippen LogP contribution in [-0.4, -0.2) is 10.3 Å². The highest BCUT2D eigenvalue weighted by Gasteiger charge is 2.39. The molecule has 2 aromatic rings. The van der Waals surface area contributed by atoms with Crippen molar-refractivity contribution in [1.82, 2.24) is 4.37 Å². The highest BCUT2D eigenvalue weighted by molar-refractivity contribution is 7.10. The number of hydrogen-bond donors (Lipinski definition) is 1. The quantitative estimate of drug-likeness (QED) is 0.887. The van der Waals surface area contributed by atoms with Crippen molar-refractivity contribution >= 4 is 45.6 Å². The van der Waals surface area contributed by atoms with Crippen LogP contribution in [0.2, 0.25) is 10.0 Å². The molecule has 0 radical (unpaired) electrons. The van der Waals surface area contributed by atoms with Gasteiger partial charge in [0.15, 0.2) is 0 Å². The monoisotopic (exact) mass is 326 g/mol. The molecule has 2 atom stereocenters. The number of carbonyl (C=O) groups is 1. The van der Waals surface area contributed by atoms with E-state index in [4.69, 9.17) is 23.2 Å². The molecule has 0 spiro atoms. The molecule has 1 amide bonds. The van der Waals surface area contributed by atoms with Gasteiger partial charge in [0.25, 0.3) is 0 Å². The SMILES string of the molecule is CC1C[C@H]1C(=O)Nc1cc(-c2ccc(Cl)c(Cl)c2)ns1. The lowest BCUT2D eigenvalue weighted by atomic mass is 10.1. The third-order valence-corrected chi connectivity index (χ3v) is 4.86. The van der Waals surface area contributed by atoms with Crippen molar-refractivity contribution in [2.75, 3.05) is 5.32 Å². The fraction of sp³-hybridized carbons (Fsp3) is 0.286. The first-order chi connectivity index (χ1) is 9.54. The van der Waals surface area contributed by atoms with Gasteiger partial charge in [0.05, 0.1) is 15.7 Å². The van der Waals surface area contributed by atoms with Gasteiger partial charge in [-0.25, -0.2) is 0 Å². The van der Waals surface area contributed by atoms with E-state index in [9.17, 15) is 4.79 Å². The van der Waals surface area contributed by atoms with E-state index in [2.05, 4.69) is 16.6 Å². The van der Waals surface area contributed by atoms with E-state index in [1.165, 1.54) is 11.5 Å². The smallest absolute Gasteiger partial charge is 0.228 e. The average molecular weight is 327 g/mol. The Morgan fingerprint density at radius 1 is 1.35 bits per heavy atom. The number of halogens is 2. The minimum atomic E-state index is 0.0850. The molecule has 104 valence electrons. The van der Waals surface area contributed by atoms with Gasteiger partial charge in [-0.1, -0.05) is 36.2 Å². The molecule has 3 nitrogen and oxygen atoms in total. The second kappa shape index (κ2) is 5.35. The number of hydrogen-bond acceptors (Lipinski definition) is 3. The summed E-state index contributed by atoms with van der Waals surface area (Å²) in [4.78, 5) is 11.9. The molecule has 1 heterocycles. The Labute approximate surface area is 131 Å². The van der Waals surface area contributed by atoms with Gasteiger partial charge < -0.3 is 5.32 Å². The van der Waals surface area contributed by atoms with Crippen LogP contribution in [0.4, 0.5) is 5.00 Å². The molecule has 1 fully saturated rings. The van der Waals surface area contributed by atoms with Crippen molar-refractivity contribution in [1.29, 1.82) is 0 Å². The zero-order chi connectivity index (χ0) is 14.3. The summed E-state index contributed by atoms with van der Waals surface area (Å²) < 4.78 is 4.33. The molecule has 1 aliphatic carbocycles. The van der Waals surface area contributed by atoms with Gasteiger partial charge in [-0.2, -0.15) is 4.37 Å². The first-order valence-electron chi connectivity index (χ1n) is 6.27. The van der Waals surface area contributed by atoms with E-state index in [0.717, 1.165) is 22.7 Å². The van der Waals surface area contributed by atoms with Gasteiger partial charge in [0, 0.05) is 17.5 Å². The summed E-state index contributed by atoms with van der Waals surface area (Å²) in [6.07, 6.45) is 0.976. The molecule has 1 aromatic carbocycles. The van der Waals surface area contributed by atoms with Crippen molar-refractivity contribution in [3.05, 3.63) is 34.3 Å². The second-order valence-electron chi connectivity index (χ2n) is 5.01. The largest absolute Gasteiger partial charge is 0.316 e. The summed E-state index contributed by atoms with van der Waals surface area (Å²) in [6.45, 7) is 2.08. The normalized spacial score (nSPS) is 20.8. The molecule has 0 aliphatic heterocycles. The average Bonchev–Trinajstić information content (AvgIpc) is 2.97. The second-order valence-corrected chi connectivity index (χ2v) is 6.63. The van der Waals surface area contributed by atoms with Crippen molar-refractivity contribution < 1.29 is 4.79 Å². The maximum atomic E-state index is 11.9.